The first-order chi connectivity index (χ1) is 12.2. The number of aromatic nitrogens is 2. The van der Waals surface area contributed by atoms with Crippen LogP contribution in [0.4, 0.5) is 10.6 Å². The number of morpholine rings is 1. The summed E-state index contributed by atoms with van der Waals surface area (Å²) in [7, 11) is 0. The highest BCUT2D eigenvalue weighted by molar-refractivity contribution is 6.99. The van der Waals surface area contributed by atoms with E-state index in [1.165, 1.54) is 0 Å². The molecule has 3 N–H and O–H groups in total. The van der Waals surface area contributed by atoms with Gasteiger partial charge in [-0.2, -0.15) is 9.47 Å². The van der Waals surface area contributed by atoms with Gasteiger partial charge in [-0.25, -0.2) is 10.2 Å². The molecule has 0 unspecified atom stereocenters. The number of nitrogens with two attached hydrogens (primary N) is 1. The molecule has 0 atom stereocenters. The van der Waals surface area contributed by atoms with Crippen molar-refractivity contribution in [1.29, 1.82) is 0 Å². The number of carbonyl (C=O) groups excluding carboxylic acids is 1. The van der Waals surface area contributed by atoms with Gasteiger partial charge in [0.1, 0.15) is 12.3 Å². The maximum Gasteiger partial charge on any atom is 0.332 e. The summed E-state index contributed by atoms with van der Waals surface area (Å²) in [4.78, 5) is 13.0. The zero-order valence-electron chi connectivity index (χ0n) is 13.4. The number of rotatable bonds is 6. The smallest absolute Gasteiger partial charge is 0.332 e. The molecule has 1 fully saturated rings. The predicted molar refractivity (Wildman–Crippen MR) is 94.1 cm³/mol. The Labute approximate surface area is 148 Å². The first kappa shape index (κ1) is 17.1. The molecule has 2 amide bonds. The summed E-state index contributed by atoms with van der Waals surface area (Å²) in [6.45, 7) is 2.90. The topological polar surface area (TPSA) is 115 Å². The van der Waals surface area contributed by atoms with Crippen LogP contribution in [-0.2, 0) is 4.74 Å². The average molecular weight is 362 g/mol. The van der Waals surface area contributed by atoms with Gasteiger partial charge < -0.3 is 20.1 Å². The molecule has 0 bridgehead atoms. The van der Waals surface area contributed by atoms with Gasteiger partial charge in [-0.05, 0) is 0 Å². The van der Waals surface area contributed by atoms with Crippen molar-refractivity contribution >= 4 is 29.3 Å². The molecule has 0 radical (unpaired) electrons. The summed E-state index contributed by atoms with van der Waals surface area (Å²) < 4.78 is 19.7. The maximum atomic E-state index is 11.0. The Hall–Kier alpha value is -2.72. The van der Waals surface area contributed by atoms with Crippen LogP contribution in [0.3, 0.4) is 0 Å². The molecule has 25 heavy (non-hydrogen) atoms. The van der Waals surface area contributed by atoms with Gasteiger partial charge in [0.15, 0.2) is 0 Å². The number of nitrogens with one attached hydrogen (secondary N) is 1. The molecule has 0 spiro atoms. The molecule has 1 aromatic heterocycles. The summed E-state index contributed by atoms with van der Waals surface area (Å²) in [6.07, 6.45) is 0. The zero-order valence-corrected chi connectivity index (χ0v) is 14.2. The number of anilines is 1. The van der Waals surface area contributed by atoms with Crippen LogP contribution in [-0.4, -0.2) is 53.4 Å². The van der Waals surface area contributed by atoms with E-state index in [9.17, 15) is 4.79 Å². The summed E-state index contributed by atoms with van der Waals surface area (Å²) >= 11 is 1.09. The van der Waals surface area contributed by atoms with Crippen LogP contribution in [0, 0.1) is 0 Å². The zero-order chi connectivity index (χ0) is 17.5. The third kappa shape index (κ3) is 4.64. The van der Waals surface area contributed by atoms with Gasteiger partial charge in [0.05, 0.1) is 24.9 Å². The Morgan fingerprint density at radius 3 is 2.80 bits per heavy atom. The Bertz CT molecular complexity index is 730. The number of hydrazone groups is 1. The number of primary amides is 1. The molecule has 1 aromatic carbocycles. The molecule has 10 heteroatoms. The van der Waals surface area contributed by atoms with Crippen molar-refractivity contribution in [3.63, 3.8) is 0 Å². The van der Waals surface area contributed by atoms with Crippen molar-refractivity contribution in [3.05, 3.63) is 35.9 Å². The van der Waals surface area contributed by atoms with E-state index >= 15 is 0 Å². The minimum atomic E-state index is -0.738. The van der Waals surface area contributed by atoms with Crippen LogP contribution in [0.1, 0.15) is 5.56 Å². The van der Waals surface area contributed by atoms with Gasteiger partial charge in [0.2, 0.25) is 5.82 Å². The lowest BCUT2D eigenvalue weighted by atomic mass is 10.1. The summed E-state index contributed by atoms with van der Waals surface area (Å²) in [5.74, 6) is 1.14. The van der Waals surface area contributed by atoms with Crippen LogP contribution < -0.4 is 20.8 Å². The van der Waals surface area contributed by atoms with Crippen LogP contribution >= 0.6 is 11.7 Å². The van der Waals surface area contributed by atoms with Crippen molar-refractivity contribution in [2.75, 3.05) is 37.8 Å². The summed E-state index contributed by atoms with van der Waals surface area (Å²) in [6, 6.07) is 8.64. The maximum absolute atomic E-state index is 11.0. The molecule has 1 saturated heterocycles. The number of nitrogens with zero attached hydrogens (tertiary/aromatic N) is 4. The fourth-order valence-electron chi connectivity index (χ4n) is 2.31. The van der Waals surface area contributed by atoms with Gasteiger partial charge in [-0.15, -0.1) is 4.37 Å². The van der Waals surface area contributed by atoms with Crippen LogP contribution in [0.15, 0.2) is 35.4 Å². The van der Waals surface area contributed by atoms with E-state index in [1.807, 2.05) is 30.3 Å². The van der Waals surface area contributed by atoms with Crippen LogP contribution in [0.2, 0.25) is 0 Å². The van der Waals surface area contributed by atoms with E-state index in [0.29, 0.717) is 30.6 Å². The SMILES string of the molecule is NC(=O)N/N=C(\COc1nsnc1N1CCOCC1)c1ccccc1. The van der Waals surface area contributed by atoms with Crippen molar-refractivity contribution in [2.24, 2.45) is 10.8 Å². The van der Waals surface area contributed by atoms with E-state index < -0.39 is 6.03 Å². The second-order valence-electron chi connectivity index (χ2n) is 5.18. The number of hydrogen-bond acceptors (Lipinski definition) is 8. The third-order valence-electron chi connectivity index (χ3n) is 3.51. The van der Waals surface area contributed by atoms with Crippen LogP contribution in [0.5, 0.6) is 5.88 Å². The number of amides is 2. The predicted octanol–water partition coefficient (Wildman–Crippen LogP) is 0.826. The molecular formula is C15H18N6O3S. The van der Waals surface area contributed by atoms with Crippen molar-refractivity contribution < 1.29 is 14.3 Å². The quantitative estimate of drug-likeness (QED) is 0.581. The van der Waals surface area contributed by atoms with E-state index in [-0.39, 0.29) is 6.61 Å². The largest absolute Gasteiger partial charge is 0.468 e. The molecule has 1 aliphatic rings. The standard InChI is InChI=1S/C15H18N6O3S/c16-15(22)18-17-12(11-4-2-1-3-5-11)10-24-14-13(19-25-20-14)21-6-8-23-9-7-21/h1-5H,6-10H2,(H3,16,18,22)/b17-12+. The number of urea groups is 1. The molecule has 2 heterocycles. The average Bonchev–Trinajstić information content (AvgIpc) is 3.11. The van der Waals surface area contributed by atoms with E-state index in [2.05, 4.69) is 24.2 Å². The Balaban J connectivity index is 1.72. The van der Waals surface area contributed by atoms with Gasteiger partial charge in [0.25, 0.3) is 5.88 Å². The molecule has 0 aliphatic carbocycles. The molecule has 9 nitrogen and oxygen atoms in total. The number of ether oxygens (including phenoxy) is 2. The number of benzene rings is 1. The molecule has 132 valence electrons. The minimum Gasteiger partial charge on any atom is -0.468 e. The lowest BCUT2D eigenvalue weighted by Gasteiger charge is -2.26. The lowest BCUT2D eigenvalue weighted by molar-refractivity contribution is 0.122. The Morgan fingerprint density at radius 2 is 2.08 bits per heavy atom. The van der Waals surface area contributed by atoms with Gasteiger partial charge in [-0.1, -0.05) is 30.3 Å². The summed E-state index contributed by atoms with van der Waals surface area (Å²) in [5.41, 5.74) is 8.67. The van der Waals surface area contributed by atoms with Crippen LogP contribution in [0.25, 0.3) is 0 Å². The van der Waals surface area contributed by atoms with E-state index in [4.69, 9.17) is 15.2 Å². The highest BCUT2D eigenvalue weighted by Crippen LogP contribution is 2.26. The van der Waals surface area contributed by atoms with E-state index in [1.54, 1.807) is 0 Å². The molecule has 1 aliphatic heterocycles. The van der Waals surface area contributed by atoms with Crippen molar-refractivity contribution in [3.8, 4) is 5.88 Å². The first-order valence-electron chi connectivity index (χ1n) is 7.69. The molecular weight excluding hydrogens is 344 g/mol. The highest BCUT2D eigenvalue weighted by atomic mass is 32.1. The highest BCUT2D eigenvalue weighted by Gasteiger charge is 2.20. The Kier molecular flexibility index (Phi) is 5.75. The molecule has 3 rings (SSSR count). The van der Waals surface area contributed by atoms with Gasteiger partial charge in [-0.3, -0.25) is 0 Å². The lowest BCUT2D eigenvalue weighted by Crippen LogP contribution is -2.36. The van der Waals surface area contributed by atoms with E-state index in [0.717, 1.165) is 30.4 Å². The second-order valence-corrected chi connectivity index (χ2v) is 5.71. The first-order valence-corrected chi connectivity index (χ1v) is 8.42. The fourth-order valence-corrected chi connectivity index (χ4v) is 2.83. The Morgan fingerprint density at radius 1 is 1.32 bits per heavy atom. The molecule has 0 saturated carbocycles. The van der Waals surface area contributed by atoms with Gasteiger partial charge >= 0.3 is 6.03 Å². The van der Waals surface area contributed by atoms with Crippen molar-refractivity contribution in [2.45, 2.75) is 0 Å². The monoisotopic (exact) mass is 362 g/mol. The second kappa shape index (κ2) is 8.40. The minimum absolute atomic E-state index is 0.118. The number of hydrogen-bond donors (Lipinski definition) is 2. The number of carbonyl (C=O) groups is 1. The van der Waals surface area contributed by atoms with Crippen molar-refractivity contribution in [1.82, 2.24) is 14.2 Å². The molecule has 2 aromatic rings. The third-order valence-corrected chi connectivity index (χ3v) is 4.01. The van der Waals surface area contributed by atoms with Gasteiger partial charge in [0, 0.05) is 18.7 Å². The summed E-state index contributed by atoms with van der Waals surface area (Å²) in [5, 5.41) is 4.02. The normalized spacial score (nSPS) is 15.0. The fraction of sp³-hybridized carbons (Fsp3) is 0.333.